The van der Waals surface area contributed by atoms with Crippen molar-refractivity contribution in [1.82, 2.24) is 13.7 Å². The zero-order chi connectivity index (χ0) is 24.1. The van der Waals surface area contributed by atoms with Crippen LogP contribution in [0.4, 0.5) is 0 Å². The molecule has 0 fully saturated rings. The Bertz CT molecular complexity index is 1530. The molecule has 0 bridgehead atoms. The average molecular weight is 482 g/mol. The van der Waals surface area contributed by atoms with E-state index < -0.39 is 11.8 Å². The van der Waals surface area contributed by atoms with E-state index in [1.165, 1.54) is 11.6 Å². The van der Waals surface area contributed by atoms with Crippen LogP contribution in [-0.4, -0.2) is 34.5 Å². The quantitative estimate of drug-likeness (QED) is 0.446. The molecular formula is C25H24ClN3O5. The highest BCUT2D eigenvalue weighted by atomic mass is 35.5. The Labute approximate surface area is 200 Å². The second kappa shape index (κ2) is 8.38. The van der Waals surface area contributed by atoms with Crippen LogP contribution in [0, 0.1) is 0 Å². The fourth-order valence-electron chi connectivity index (χ4n) is 4.77. The van der Waals surface area contributed by atoms with Gasteiger partial charge in [0.05, 0.1) is 43.1 Å². The fourth-order valence-corrected chi connectivity index (χ4v) is 4.89. The van der Waals surface area contributed by atoms with E-state index in [4.69, 9.17) is 25.8 Å². The summed E-state index contributed by atoms with van der Waals surface area (Å²) in [5.41, 5.74) is 2.79. The number of nitrogens with zero attached hydrogens (tertiary/aromatic N) is 3. The second-order valence-corrected chi connectivity index (χ2v) is 8.62. The Morgan fingerprint density at radius 1 is 1.00 bits per heavy atom. The van der Waals surface area contributed by atoms with Crippen molar-refractivity contribution in [3.05, 3.63) is 79.6 Å². The van der Waals surface area contributed by atoms with Crippen LogP contribution >= 0.6 is 11.6 Å². The number of hydrogen-bond acceptors (Lipinski definition) is 5. The van der Waals surface area contributed by atoms with Gasteiger partial charge in [-0.05, 0) is 35.9 Å². The predicted octanol–water partition coefficient (Wildman–Crippen LogP) is 3.50. The van der Waals surface area contributed by atoms with Crippen LogP contribution < -0.4 is 20.7 Å². The highest BCUT2D eigenvalue weighted by Crippen LogP contribution is 2.43. The lowest BCUT2D eigenvalue weighted by Gasteiger charge is -2.29. The molecule has 8 nitrogen and oxygen atoms in total. The van der Waals surface area contributed by atoms with E-state index in [1.54, 1.807) is 33.4 Å². The van der Waals surface area contributed by atoms with Gasteiger partial charge in [0.2, 0.25) is 0 Å². The SMILES string of the molecule is COc1ccc(OC)c([C@@H]2OCCn3c(-c4ccc(Cl)cc4)c4c(=O)n(C)c(=O)n(C)c4c32)c1. The minimum atomic E-state index is -0.583. The zero-order valence-electron chi connectivity index (χ0n) is 19.3. The van der Waals surface area contributed by atoms with Gasteiger partial charge in [0.25, 0.3) is 5.56 Å². The first kappa shape index (κ1) is 22.3. The smallest absolute Gasteiger partial charge is 0.331 e. The van der Waals surface area contributed by atoms with Crippen LogP contribution in [0.2, 0.25) is 5.02 Å². The van der Waals surface area contributed by atoms with Crippen LogP contribution in [0.1, 0.15) is 17.4 Å². The molecule has 2 aromatic carbocycles. The van der Waals surface area contributed by atoms with E-state index >= 15 is 0 Å². The van der Waals surface area contributed by atoms with Crippen LogP contribution in [0.5, 0.6) is 11.5 Å². The molecule has 1 aliphatic heterocycles. The van der Waals surface area contributed by atoms with Gasteiger partial charge in [0.15, 0.2) is 0 Å². The summed E-state index contributed by atoms with van der Waals surface area (Å²) in [5.74, 6) is 1.27. The van der Waals surface area contributed by atoms with Crippen molar-refractivity contribution in [2.75, 3.05) is 20.8 Å². The van der Waals surface area contributed by atoms with Gasteiger partial charge < -0.3 is 18.8 Å². The number of halogens is 1. The van der Waals surface area contributed by atoms with Gasteiger partial charge in [-0.3, -0.25) is 13.9 Å². The zero-order valence-corrected chi connectivity index (χ0v) is 20.0. The Balaban J connectivity index is 1.93. The van der Waals surface area contributed by atoms with Gasteiger partial charge in [0, 0.05) is 31.2 Å². The normalized spacial score (nSPS) is 15.4. The largest absolute Gasteiger partial charge is 0.497 e. The van der Waals surface area contributed by atoms with Gasteiger partial charge in [0.1, 0.15) is 17.6 Å². The van der Waals surface area contributed by atoms with Crippen LogP contribution in [0.15, 0.2) is 52.1 Å². The van der Waals surface area contributed by atoms with Crippen LogP contribution in [0.25, 0.3) is 22.2 Å². The summed E-state index contributed by atoms with van der Waals surface area (Å²) >= 11 is 6.14. The molecule has 34 heavy (non-hydrogen) atoms. The average Bonchev–Trinajstić information content (AvgIpc) is 3.21. The number of hydrogen-bond donors (Lipinski definition) is 0. The van der Waals surface area contributed by atoms with E-state index in [9.17, 15) is 9.59 Å². The molecule has 0 saturated heterocycles. The molecule has 0 unspecified atom stereocenters. The molecule has 2 aromatic heterocycles. The summed E-state index contributed by atoms with van der Waals surface area (Å²) in [6.07, 6.45) is -0.583. The molecule has 0 N–H and O–H groups in total. The molecule has 1 atom stereocenters. The second-order valence-electron chi connectivity index (χ2n) is 8.18. The van der Waals surface area contributed by atoms with E-state index in [0.29, 0.717) is 40.6 Å². The minimum absolute atomic E-state index is 0.360. The monoisotopic (exact) mass is 481 g/mol. The molecule has 0 radical (unpaired) electrons. The van der Waals surface area contributed by atoms with E-state index in [2.05, 4.69) is 4.57 Å². The first-order valence-corrected chi connectivity index (χ1v) is 11.2. The van der Waals surface area contributed by atoms with Crippen molar-refractivity contribution in [2.45, 2.75) is 12.6 Å². The molecule has 0 amide bonds. The molecule has 9 heteroatoms. The van der Waals surface area contributed by atoms with Crippen molar-refractivity contribution >= 4 is 22.5 Å². The first-order valence-electron chi connectivity index (χ1n) is 10.8. The predicted molar refractivity (Wildman–Crippen MR) is 130 cm³/mol. The molecule has 0 saturated carbocycles. The third-order valence-electron chi connectivity index (χ3n) is 6.39. The van der Waals surface area contributed by atoms with Crippen molar-refractivity contribution in [3.8, 4) is 22.8 Å². The third kappa shape index (κ3) is 3.25. The van der Waals surface area contributed by atoms with Crippen molar-refractivity contribution < 1.29 is 14.2 Å². The number of ether oxygens (including phenoxy) is 3. The Morgan fingerprint density at radius 2 is 1.74 bits per heavy atom. The lowest BCUT2D eigenvalue weighted by Crippen LogP contribution is -2.37. The van der Waals surface area contributed by atoms with Gasteiger partial charge >= 0.3 is 5.69 Å². The molecule has 1 aliphatic rings. The summed E-state index contributed by atoms with van der Waals surface area (Å²) in [7, 11) is 6.35. The lowest BCUT2D eigenvalue weighted by molar-refractivity contribution is 0.0462. The summed E-state index contributed by atoms with van der Waals surface area (Å²) in [5, 5.41) is 1.06. The summed E-state index contributed by atoms with van der Waals surface area (Å²) in [4.78, 5) is 26.4. The molecule has 3 heterocycles. The van der Waals surface area contributed by atoms with Crippen molar-refractivity contribution in [3.63, 3.8) is 0 Å². The standard InChI is InChI=1S/C25H24ClN3O5/c1-27-21-19(24(30)28(2)25(27)31)20(14-5-7-15(26)8-6-14)29-11-12-34-23(22(21)29)17-13-16(32-3)9-10-18(17)33-4/h5-10,13,23H,11-12H2,1-4H3/t23-/m0/s1. The van der Waals surface area contributed by atoms with Crippen molar-refractivity contribution in [2.24, 2.45) is 14.1 Å². The molecule has 0 spiro atoms. The van der Waals surface area contributed by atoms with Crippen LogP contribution in [-0.2, 0) is 25.4 Å². The molecule has 0 aliphatic carbocycles. The number of methoxy groups -OCH3 is 2. The maximum atomic E-state index is 13.5. The maximum absolute atomic E-state index is 13.5. The number of benzene rings is 2. The van der Waals surface area contributed by atoms with Gasteiger partial charge in [-0.2, -0.15) is 0 Å². The van der Waals surface area contributed by atoms with Gasteiger partial charge in [-0.25, -0.2) is 4.79 Å². The summed E-state index contributed by atoms with van der Waals surface area (Å²) < 4.78 is 22.1. The highest BCUT2D eigenvalue weighted by Gasteiger charge is 2.34. The number of aryl methyl sites for hydroxylation is 1. The summed E-state index contributed by atoms with van der Waals surface area (Å²) in [6.45, 7) is 0.927. The molecule has 4 aromatic rings. The molecule has 5 rings (SSSR count). The van der Waals surface area contributed by atoms with E-state index in [-0.39, 0.29) is 5.56 Å². The fraction of sp³-hybridized carbons (Fsp3) is 0.280. The number of aromatic nitrogens is 3. The van der Waals surface area contributed by atoms with Gasteiger partial charge in [-0.1, -0.05) is 23.7 Å². The van der Waals surface area contributed by atoms with Crippen LogP contribution in [0.3, 0.4) is 0 Å². The topological polar surface area (TPSA) is 76.6 Å². The Kier molecular flexibility index (Phi) is 5.50. The first-order chi connectivity index (χ1) is 16.4. The van der Waals surface area contributed by atoms with Crippen molar-refractivity contribution in [1.29, 1.82) is 0 Å². The summed E-state index contributed by atoms with van der Waals surface area (Å²) in [6, 6.07) is 12.8. The van der Waals surface area contributed by atoms with E-state index in [0.717, 1.165) is 27.1 Å². The van der Waals surface area contributed by atoms with E-state index in [1.807, 2.05) is 30.3 Å². The number of fused-ring (bicyclic) bond motifs is 3. The lowest BCUT2D eigenvalue weighted by atomic mass is 10.0. The Hall–Kier alpha value is -3.49. The maximum Gasteiger partial charge on any atom is 0.331 e. The van der Waals surface area contributed by atoms with Gasteiger partial charge in [-0.15, -0.1) is 0 Å². The Morgan fingerprint density at radius 3 is 2.41 bits per heavy atom. The minimum Gasteiger partial charge on any atom is -0.497 e. The molecular weight excluding hydrogens is 458 g/mol. The number of rotatable bonds is 4. The highest BCUT2D eigenvalue weighted by molar-refractivity contribution is 6.30. The third-order valence-corrected chi connectivity index (χ3v) is 6.64. The molecule has 176 valence electrons.